The molecule has 1 saturated heterocycles. The Hall–Kier alpha value is -0.770. The molecule has 0 spiro atoms. The van der Waals surface area contributed by atoms with Gasteiger partial charge in [0.1, 0.15) is 0 Å². The molecule has 2 aliphatic rings. The second-order valence-corrected chi connectivity index (χ2v) is 4.62. The molecular weight excluding hydrogens is 190 g/mol. The third kappa shape index (κ3) is 3.38. The average molecular weight is 211 g/mol. The van der Waals surface area contributed by atoms with Crippen LogP contribution >= 0.6 is 0 Å². The zero-order valence-electron chi connectivity index (χ0n) is 9.46. The van der Waals surface area contributed by atoms with Crippen molar-refractivity contribution >= 4 is 6.03 Å². The summed E-state index contributed by atoms with van der Waals surface area (Å²) in [6.07, 6.45) is 4.62. The molecule has 4 heteroatoms. The van der Waals surface area contributed by atoms with Crippen LogP contribution in [0.2, 0.25) is 0 Å². The summed E-state index contributed by atoms with van der Waals surface area (Å²) in [7, 11) is 0. The topological polar surface area (TPSA) is 44.4 Å². The fourth-order valence-corrected chi connectivity index (χ4v) is 2.10. The minimum Gasteiger partial charge on any atom is -0.335 e. The van der Waals surface area contributed by atoms with Crippen molar-refractivity contribution in [3.63, 3.8) is 0 Å². The molecule has 2 rings (SSSR count). The van der Waals surface area contributed by atoms with Crippen molar-refractivity contribution in [3.8, 4) is 0 Å². The molecule has 1 atom stereocenters. The van der Waals surface area contributed by atoms with E-state index in [2.05, 4.69) is 22.5 Å². The molecule has 86 valence electrons. The highest BCUT2D eigenvalue weighted by atomic mass is 16.2. The van der Waals surface area contributed by atoms with Crippen molar-refractivity contribution in [3.05, 3.63) is 0 Å². The maximum Gasteiger partial charge on any atom is 0.315 e. The highest BCUT2D eigenvalue weighted by Gasteiger charge is 2.25. The molecule has 15 heavy (non-hydrogen) atoms. The van der Waals surface area contributed by atoms with Gasteiger partial charge in [-0.25, -0.2) is 4.79 Å². The second-order valence-electron chi connectivity index (χ2n) is 4.62. The number of carbonyl (C=O) groups is 1. The Morgan fingerprint density at radius 1 is 1.27 bits per heavy atom. The summed E-state index contributed by atoms with van der Waals surface area (Å²) in [5.41, 5.74) is 0. The van der Waals surface area contributed by atoms with Gasteiger partial charge in [0.15, 0.2) is 0 Å². The van der Waals surface area contributed by atoms with Crippen LogP contribution in [-0.4, -0.2) is 42.6 Å². The van der Waals surface area contributed by atoms with Crippen molar-refractivity contribution in [2.45, 2.75) is 44.7 Å². The Balaban J connectivity index is 1.70. The molecular formula is C11H21N3O. The fraction of sp³-hybridized carbons (Fsp3) is 0.909. The third-order valence-corrected chi connectivity index (χ3v) is 3.20. The maximum absolute atomic E-state index is 11.5. The Morgan fingerprint density at radius 2 is 2.00 bits per heavy atom. The number of urea groups is 1. The molecule has 0 radical (unpaired) electrons. The number of hydrogen-bond acceptors (Lipinski definition) is 2. The quantitative estimate of drug-likeness (QED) is 0.729. The first-order valence-electron chi connectivity index (χ1n) is 6.07. The zero-order valence-corrected chi connectivity index (χ0v) is 9.46. The molecule has 2 N–H and O–H groups in total. The number of nitrogens with zero attached hydrogens (tertiary/aromatic N) is 1. The Kier molecular flexibility index (Phi) is 3.46. The van der Waals surface area contributed by atoms with E-state index >= 15 is 0 Å². The van der Waals surface area contributed by atoms with Crippen molar-refractivity contribution in [2.75, 3.05) is 19.6 Å². The molecule has 1 saturated carbocycles. The second kappa shape index (κ2) is 4.84. The van der Waals surface area contributed by atoms with Gasteiger partial charge in [-0.3, -0.25) is 0 Å². The Morgan fingerprint density at radius 3 is 2.67 bits per heavy atom. The number of rotatable bonds is 3. The van der Waals surface area contributed by atoms with Gasteiger partial charge in [-0.1, -0.05) is 6.92 Å². The van der Waals surface area contributed by atoms with Gasteiger partial charge in [0, 0.05) is 18.6 Å². The lowest BCUT2D eigenvalue weighted by atomic mass is 10.1. The first-order chi connectivity index (χ1) is 7.28. The molecule has 2 fully saturated rings. The largest absolute Gasteiger partial charge is 0.335 e. The fourth-order valence-electron chi connectivity index (χ4n) is 2.10. The number of piperidine rings is 1. The van der Waals surface area contributed by atoms with E-state index in [4.69, 9.17) is 0 Å². The van der Waals surface area contributed by atoms with Gasteiger partial charge in [0.2, 0.25) is 0 Å². The van der Waals surface area contributed by atoms with Crippen LogP contribution in [0.4, 0.5) is 4.79 Å². The summed E-state index contributed by atoms with van der Waals surface area (Å²) >= 11 is 0. The van der Waals surface area contributed by atoms with Crippen LogP contribution in [0.1, 0.15) is 32.6 Å². The molecule has 1 aliphatic heterocycles. The zero-order chi connectivity index (χ0) is 10.7. The number of carbonyl (C=O) groups excluding carboxylic acids is 1. The van der Waals surface area contributed by atoms with Gasteiger partial charge >= 0.3 is 6.03 Å². The van der Waals surface area contributed by atoms with Crippen molar-refractivity contribution in [1.82, 2.24) is 15.5 Å². The highest BCUT2D eigenvalue weighted by Crippen LogP contribution is 2.18. The standard InChI is InChI=1S/C11H21N3O/c1-2-14-7-3-4-10(8-14)13-11(15)12-9-5-6-9/h9-10H,2-8H2,1H3,(H2,12,13,15). The molecule has 1 heterocycles. The van der Waals surface area contributed by atoms with E-state index in [1.54, 1.807) is 0 Å². The summed E-state index contributed by atoms with van der Waals surface area (Å²) in [6.45, 7) is 5.45. The van der Waals surface area contributed by atoms with Gasteiger partial charge in [0.05, 0.1) is 0 Å². The monoisotopic (exact) mass is 211 g/mol. The molecule has 0 bridgehead atoms. The third-order valence-electron chi connectivity index (χ3n) is 3.20. The van der Waals surface area contributed by atoms with Crippen molar-refractivity contribution in [1.29, 1.82) is 0 Å². The van der Waals surface area contributed by atoms with Crippen LogP contribution in [0, 0.1) is 0 Å². The van der Waals surface area contributed by atoms with Crippen LogP contribution in [0.25, 0.3) is 0 Å². The maximum atomic E-state index is 11.5. The predicted molar refractivity (Wildman–Crippen MR) is 59.8 cm³/mol. The number of amides is 2. The smallest absolute Gasteiger partial charge is 0.315 e. The van der Waals surface area contributed by atoms with Crippen LogP contribution in [0.5, 0.6) is 0 Å². The van der Waals surface area contributed by atoms with Crippen LogP contribution in [0.15, 0.2) is 0 Å². The van der Waals surface area contributed by atoms with Crippen LogP contribution < -0.4 is 10.6 Å². The average Bonchev–Trinajstić information content (AvgIpc) is 3.02. The highest BCUT2D eigenvalue weighted by molar-refractivity contribution is 5.74. The van der Waals surface area contributed by atoms with Gasteiger partial charge in [0.25, 0.3) is 0 Å². The van der Waals surface area contributed by atoms with E-state index < -0.39 is 0 Å². The van der Waals surface area contributed by atoms with E-state index in [1.807, 2.05) is 0 Å². The normalized spacial score (nSPS) is 27.4. The number of nitrogens with one attached hydrogen (secondary N) is 2. The number of likely N-dealkylation sites (tertiary alicyclic amines) is 1. The van der Waals surface area contributed by atoms with Crippen molar-refractivity contribution in [2.24, 2.45) is 0 Å². The summed E-state index contributed by atoms with van der Waals surface area (Å²) in [5.74, 6) is 0. The van der Waals surface area contributed by atoms with E-state index in [9.17, 15) is 4.79 Å². The Bertz CT molecular complexity index is 228. The van der Waals surface area contributed by atoms with E-state index in [0.29, 0.717) is 12.1 Å². The molecule has 0 aromatic rings. The number of hydrogen-bond donors (Lipinski definition) is 2. The lowest BCUT2D eigenvalue weighted by Gasteiger charge is -2.32. The van der Waals surface area contributed by atoms with E-state index in [1.165, 1.54) is 13.0 Å². The molecule has 1 aliphatic carbocycles. The summed E-state index contributed by atoms with van der Waals surface area (Å²) < 4.78 is 0. The van der Waals surface area contributed by atoms with Gasteiger partial charge in [-0.15, -0.1) is 0 Å². The molecule has 0 aromatic carbocycles. The SMILES string of the molecule is CCN1CCCC(NC(=O)NC2CC2)C1. The Labute approximate surface area is 91.4 Å². The minimum absolute atomic E-state index is 0.0282. The minimum atomic E-state index is 0.0282. The van der Waals surface area contributed by atoms with Gasteiger partial charge in [-0.05, 0) is 38.8 Å². The van der Waals surface area contributed by atoms with E-state index in [-0.39, 0.29) is 6.03 Å². The lowest BCUT2D eigenvalue weighted by Crippen LogP contribution is -2.50. The molecule has 1 unspecified atom stereocenters. The lowest BCUT2D eigenvalue weighted by molar-refractivity contribution is 0.192. The molecule has 0 aromatic heterocycles. The number of likely N-dealkylation sites (N-methyl/N-ethyl adjacent to an activating group) is 1. The van der Waals surface area contributed by atoms with Crippen LogP contribution in [0.3, 0.4) is 0 Å². The summed E-state index contributed by atoms with van der Waals surface area (Å²) in [6, 6.07) is 0.828. The van der Waals surface area contributed by atoms with Gasteiger partial charge in [-0.2, -0.15) is 0 Å². The van der Waals surface area contributed by atoms with Crippen LogP contribution in [-0.2, 0) is 0 Å². The first kappa shape index (κ1) is 10.7. The first-order valence-corrected chi connectivity index (χ1v) is 6.07. The molecule has 4 nitrogen and oxygen atoms in total. The van der Waals surface area contributed by atoms with E-state index in [0.717, 1.165) is 32.4 Å². The van der Waals surface area contributed by atoms with Crippen molar-refractivity contribution < 1.29 is 4.79 Å². The van der Waals surface area contributed by atoms with Gasteiger partial charge < -0.3 is 15.5 Å². The summed E-state index contributed by atoms with van der Waals surface area (Å²) in [5, 5.41) is 6.03. The summed E-state index contributed by atoms with van der Waals surface area (Å²) in [4.78, 5) is 13.9. The molecule has 2 amide bonds. The predicted octanol–water partition coefficient (Wildman–Crippen LogP) is 0.932.